The fraction of sp³-hybridized carbons (Fsp3) is 0.292. The molecule has 0 spiro atoms. The second kappa shape index (κ2) is 10.9. The molecule has 0 aliphatic heterocycles. The van der Waals surface area contributed by atoms with Crippen LogP contribution in [0.2, 0.25) is 5.02 Å². The number of aromatic nitrogens is 2. The second-order valence-electron chi connectivity index (χ2n) is 7.36. The molecule has 33 heavy (non-hydrogen) atoms. The van der Waals surface area contributed by atoms with Gasteiger partial charge in [-0.05, 0) is 61.9 Å². The highest BCUT2D eigenvalue weighted by atomic mass is 35.5. The van der Waals surface area contributed by atoms with Gasteiger partial charge in [-0.1, -0.05) is 11.6 Å². The number of carbonyl (C=O) groups is 1. The number of benzene rings is 2. The van der Waals surface area contributed by atoms with Gasteiger partial charge in [-0.3, -0.25) is 4.79 Å². The monoisotopic (exact) mass is 471 g/mol. The zero-order chi connectivity index (χ0) is 24.0. The molecule has 9 heteroatoms. The molecule has 3 aromatic rings. The Balaban J connectivity index is 1.77. The number of carbonyl (C=O) groups excluding carboxylic acids is 1. The molecule has 0 aliphatic carbocycles. The minimum atomic E-state index is -0.204. The predicted octanol–water partition coefficient (Wildman–Crippen LogP) is 4.87. The van der Waals surface area contributed by atoms with Crippen molar-refractivity contribution in [2.75, 3.05) is 21.3 Å². The van der Waals surface area contributed by atoms with Crippen LogP contribution in [0.15, 0.2) is 46.9 Å². The molecule has 1 aromatic heterocycles. The Labute approximate surface area is 197 Å². The molecule has 0 radical (unpaired) electrons. The van der Waals surface area contributed by atoms with Crippen LogP contribution in [0, 0.1) is 0 Å². The Morgan fingerprint density at radius 1 is 1.06 bits per heavy atom. The van der Waals surface area contributed by atoms with Crippen LogP contribution in [0.4, 0.5) is 0 Å². The lowest BCUT2D eigenvalue weighted by Gasteiger charge is -2.23. The topological polar surface area (TPSA) is 86.9 Å². The third kappa shape index (κ3) is 5.84. The number of amides is 1. The molecule has 8 nitrogen and oxygen atoms in total. The van der Waals surface area contributed by atoms with E-state index in [-0.39, 0.29) is 18.5 Å². The first kappa shape index (κ1) is 24.1. The molecule has 0 bridgehead atoms. The van der Waals surface area contributed by atoms with Crippen LogP contribution in [-0.4, -0.2) is 48.4 Å². The van der Waals surface area contributed by atoms with Gasteiger partial charge in [0.2, 0.25) is 23.4 Å². The van der Waals surface area contributed by atoms with E-state index in [1.54, 1.807) is 61.6 Å². The third-order valence-corrected chi connectivity index (χ3v) is 5.13. The van der Waals surface area contributed by atoms with Crippen molar-refractivity contribution in [2.24, 2.45) is 0 Å². The van der Waals surface area contributed by atoms with E-state index in [1.807, 2.05) is 13.8 Å². The van der Waals surface area contributed by atoms with Gasteiger partial charge < -0.3 is 23.5 Å². The van der Waals surface area contributed by atoms with Gasteiger partial charge in [0.05, 0.1) is 27.9 Å². The average molecular weight is 472 g/mol. The van der Waals surface area contributed by atoms with E-state index in [0.29, 0.717) is 34.1 Å². The molecule has 1 amide bonds. The third-order valence-electron chi connectivity index (χ3n) is 4.88. The SMILES string of the molecule is COc1cc(C=CC(=O)N(Cc2nnc(-c3ccc(Cl)cc3)o2)C(C)C)cc(OC)c1OC. The number of hydrogen-bond donors (Lipinski definition) is 0. The van der Waals surface area contributed by atoms with Gasteiger partial charge in [0.1, 0.15) is 0 Å². The molecule has 0 fully saturated rings. The number of rotatable bonds is 9. The summed E-state index contributed by atoms with van der Waals surface area (Å²) in [6.45, 7) is 4.01. The largest absolute Gasteiger partial charge is 0.493 e. The van der Waals surface area contributed by atoms with E-state index in [2.05, 4.69) is 10.2 Å². The van der Waals surface area contributed by atoms with Gasteiger partial charge in [0.25, 0.3) is 0 Å². The highest BCUT2D eigenvalue weighted by molar-refractivity contribution is 6.30. The Bertz CT molecular complexity index is 1100. The first-order chi connectivity index (χ1) is 15.9. The summed E-state index contributed by atoms with van der Waals surface area (Å²) >= 11 is 5.93. The summed E-state index contributed by atoms with van der Waals surface area (Å²) < 4.78 is 21.8. The van der Waals surface area contributed by atoms with Gasteiger partial charge in [-0.2, -0.15) is 0 Å². The molecule has 0 saturated heterocycles. The van der Waals surface area contributed by atoms with E-state index < -0.39 is 0 Å². The molecule has 0 unspecified atom stereocenters. The van der Waals surface area contributed by atoms with Gasteiger partial charge in [-0.15, -0.1) is 10.2 Å². The number of nitrogens with zero attached hydrogens (tertiary/aromatic N) is 3. The summed E-state index contributed by atoms with van der Waals surface area (Å²) in [4.78, 5) is 14.6. The lowest BCUT2D eigenvalue weighted by molar-refractivity contribution is -0.128. The van der Waals surface area contributed by atoms with Crippen LogP contribution in [0.5, 0.6) is 17.2 Å². The van der Waals surface area contributed by atoms with Crippen molar-refractivity contribution in [1.82, 2.24) is 15.1 Å². The molecular formula is C24H26ClN3O5. The summed E-state index contributed by atoms with van der Waals surface area (Å²) in [6.07, 6.45) is 3.17. The Morgan fingerprint density at radius 2 is 1.70 bits per heavy atom. The van der Waals surface area contributed by atoms with E-state index in [1.165, 1.54) is 13.2 Å². The predicted molar refractivity (Wildman–Crippen MR) is 126 cm³/mol. The lowest BCUT2D eigenvalue weighted by atomic mass is 10.1. The van der Waals surface area contributed by atoms with Crippen molar-refractivity contribution < 1.29 is 23.4 Å². The maximum atomic E-state index is 13.0. The van der Waals surface area contributed by atoms with Crippen molar-refractivity contribution in [3.05, 3.63) is 59.0 Å². The first-order valence-electron chi connectivity index (χ1n) is 10.2. The highest BCUT2D eigenvalue weighted by Crippen LogP contribution is 2.38. The minimum absolute atomic E-state index is 0.0898. The summed E-state index contributed by atoms with van der Waals surface area (Å²) in [5.41, 5.74) is 1.48. The van der Waals surface area contributed by atoms with Crippen molar-refractivity contribution in [3.63, 3.8) is 0 Å². The Kier molecular flexibility index (Phi) is 7.95. The Morgan fingerprint density at radius 3 is 2.24 bits per heavy atom. The average Bonchev–Trinajstić information content (AvgIpc) is 3.29. The van der Waals surface area contributed by atoms with Crippen LogP contribution in [0.25, 0.3) is 17.5 Å². The first-order valence-corrected chi connectivity index (χ1v) is 10.6. The Hall–Kier alpha value is -3.52. The lowest BCUT2D eigenvalue weighted by Crippen LogP contribution is -2.35. The molecule has 0 aliphatic rings. The van der Waals surface area contributed by atoms with E-state index in [9.17, 15) is 4.79 Å². The van der Waals surface area contributed by atoms with Crippen LogP contribution in [-0.2, 0) is 11.3 Å². The molecule has 3 rings (SSSR count). The van der Waals surface area contributed by atoms with Crippen LogP contribution in [0.3, 0.4) is 0 Å². The smallest absolute Gasteiger partial charge is 0.247 e. The number of halogens is 1. The quantitative estimate of drug-likeness (QED) is 0.411. The molecule has 174 valence electrons. The van der Waals surface area contributed by atoms with Crippen molar-refractivity contribution in [1.29, 1.82) is 0 Å². The van der Waals surface area contributed by atoms with Gasteiger partial charge in [-0.25, -0.2) is 0 Å². The molecule has 0 atom stereocenters. The standard InChI is InChI=1S/C24H26ClN3O5/c1-15(2)28(14-21-26-27-24(33-21)17-7-9-18(25)10-8-17)22(29)11-6-16-12-19(30-3)23(32-5)20(13-16)31-4/h6-13,15H,14H2,1-5H3. The molecule has 0 saturated carbocycles. The summed E-state index contributed by atoms with van der Waals surface area (Å²) in [5.74, 6) is 2.00. The summed E-state index contributed by atoms with van der Waals surface area (Å²) in [7, 11) is 4.62. The zero-order valence-corrected chi connectivity index (χ0v) is 19.9. The molecule has 1 heterocycles. The maximum absolute atomic E-state index is 13.0. The number of methoxy groups -OCH3 is 3. The van der Waals surface area contributed by atoms with Crippen molar-refractivity contribution >= 4 is 23.6 Å². The molecule has 0 N–H and O–H groups in total. The van der Waals surface area contributed by atoms with Crippen LogP contribution in [0.1, 0.15) is 25.3 Å². The fourth-order valence-corrected chi connectivity index (χ4v) is 3.27. The number of hydrogen-bond acceptors (Lipinski definition) is 7. The second-order valence-corrected chi connectivity index (χ2v) is 7.80. The van der Waals surface area contributed by atoms with E-state index >= 15 is 0 Å². The highest BCUT2D eigenvalue weighted by Gasteiger charge is 2.19. The van der Waals surface area contributed by atoms with Gasteiger partial charge in [0.15, 0.2) is 11.5 Å². The summed E-state index contributed by atoms with van der Waals surface area (Å²) in [5, 5.41) is 8.79. The molecule has 2 aromatic carbocycles. The van der Waals surface area contributed by atoms with E-state index in [4.69, 9.17) is 30.2 Å². The fourth-order valence-electron chi connectivity index (χ4n) is 3.15. The van der Waals surface area contributed by atoms with Gasteiger partial charge >= 0.3 is 0 Å². The van der Waals surface area contributed by atoms with Crippen LogP contribution < -0.4 is 14.2 Å². The molecular weight excluding hydrogens is 446 g/mol. The number of ether oxygens (including phenoxy) is 3. The normalized spacial score (nSPS) is 11.1. The van der Waals surface area contributed by atoms with E-state index in [0.717, 1.165) is 11.1 Å². The van der Waals surface area contributed by atoms with Crippen molar-refractivity contribution in [2.45, 2.75) is 26.4 Å². The summed E-state index contributed by atoms with van der Waals surface area (Å²) in [6, 6.07) is 10.5. The maximum Gasteiger partial charge on any atom is 0.247 e. The van der Waals surface area contributed by atoms with Crippen molar-refractivity contribution in [3.8, 4) is 28.7 Å². The zero-order valence-electron chi connectivity index (χ0n) is 19.2. The minimum Gasteiger partial charge on any atom is -0.493 e. The van der Waals surface area contributed by atoms with Crippen LogP contribution >= 0.6 is 11.6 Å². The van der Waals surface area contributed by atoms with Gasteiger partial charge in [0, 0.05) is 22.7 Å².